The van der Waals surface area contributed by atoms with Crippen LogP contribution in [0.1, 0.15) is 15.9 Å². The summed E-state index contributed by atoms with van der Waals surface area (Å²) in [4.78, 5) is 15.6. The molecule has 0 atom stereocenters. The van der Waals surface area contributed by atoms with Crippen LogP contribution in [0.25, 0.3) is 0 Å². The minimum atomic E-state index is -0.517. The van der Waals surface area contributed by atoms with E-state index in [0.717, 1.165) is 9.98 Å². The van der Waals surface area contributed by atoms with Crippen LogP contribution in [-0.2, 0) is 0 Å². The van der Waals surface area contributed by atoms with E-state index in [9.17, 15) is 9.18 Å². The van der Waals surface area contributed by atoms with Gasteiger partial charge in [0.2, 0.25) is 0 Å². The maximum Gasteiger partial charge on any atom is 0.196 e. The van der Waals surface area contributed by atoms with Crippen molar-refractivity contribution < 1.29 is 9.18 Å². The summed E-state index contributed by atoms with van der Waals surface area (Å²) in [7, 11) is 0. The average molecular weight is 365 g/mol. The Labute approximate surface area is 112 Å². The number of rotatable bonds is 2. The summed E-state index contributed by atoms with van der Waals surface area (Å²) in [5, 5.41) is 0. The molecule has 0 aliphatic carbocycles. The van der Waals surface area contributed by atoms with Crippen LogP contribution in [0.2, 0.25) is 0 Å². The maximum atomic E-state index is 12.9. The minimum Gasteiger partial charge on any atom is -0.288 e. The van der Waals surface area contributed by atoms with Crippen molar-refractivity contribution in [3.8, 4) is 0 Å². The molecule has 0 saturated carbocycles. The molecule has 2 heterocycles. The number of carbonyl (C=O) groups is 1. The SMILES string of the molecule is O=C(c1cncc(F)c1)c1cc(Br)sc1Br. The molecule has 0 aliphatic rings. The zero-order valence-corrected chi connectivity index (χ0v) is 11.7. The third kappa shape index (κ3) is 2.39. The molecule has 0 aromatic carbocycles. The second-order valence-corrected chi connectivity index (χ2v) is 6.71. The van der Waals surface area contributed by atoms with Crippen LogP contribution in [-0.4, -0.2) is 10.8 Å². The molecule has 2 nitrogen and oxygen atoms in total. The lowest BCUT2D eigenvalue weighted by atomic mass is 10.1. The number of nitrogens with zero attached hydrogens (tertiary/aromatic N) is 1. The van der Waals surface area contributed by atoms with Gasteiger partial charge in [0.25, 0.3) is 0 Å². The zero-order chi connectivity index (χ0) is 11.7. The van der Waals surface area contributed by atoms with Crippen LogP contribution in [0, 0.1) is 5.82 Å². The molecular weight excluding hydrogens is 361 g/mol. The highest BCUT2D eigenvalue weighted by molar-refractivity contribution is 9.12. The van der Waals surface area contributed by atoms with Gasteiger partial charge in [-0.2, -0.15) is 0 Å². The monoisotopic (exact) mass is 363 g/mol. The first-order valence-corrected chi connectivity index (χ1v) is 6.58. The lowest BCUT2D eigenvalue weighted by Gasteiger charge is -1.98. The third-order valence-corrected chi connectivity index (χ3v) is 4.21. The molecule has 16 heavy (non-hydrogen) atoms. The van der Waals surface area contributed by atoms with Crippen molar-refractivity contribution in [3.05, 3.63) is 49.0 Å². The molecule has 0 spiro atoms. The molecule has 0 unspecified atom stereocenters. The van der Waals surface area contributed by atoms with Crippen LogP contribution in [0.4, 0.5) is 4.39 Å². The van der Waals surface area contributed by atoms with Crippen molar-refractivity contribution in [1.29, 1.82) is 0 Å². The molecule has 0 aliphatic heterocycles. The first-order chi connectivity index (χ1) is 7.58. The topological polar surface area (TPSA) is 30.0 Å². The van der Waals surface area contributed by atoms with Gasteiger partial charge in [0.1, 0.15) is 5.82 Å². The van der Waals surface area contributed by atoms with Crippen molar-refractivity contribution >= 4 is 49.0 Å². The summed E-state index contributed by atoms with van der Waals surface area (Å²) in [5.41, 5.74) is 0.746. The molecule has 0 radical (unpaired) electrons. The smallest absolute Gasteiger partial charge is 0.196 e. The standard InChI is InChI=1S/C10H4Br2FNOS/c11-8-2-7(10(12)16-8)9(15)5-1-6(13)4-14-3-5/h1-4H. The van der Waals surface area contributed by atoms with Crippen LogP contribution >= 0.6 is 43.2 Å². The highest BCUT2D eigenvalue weighted by Crippen LogP contribution is 2.33. The maximum absolute atomic E-state index is 12.9. The first kappa shape index (κ1) is 11.9. The molecule has 0 amide bonds. The van der Waals surface area contributed by atoms with Gasteiger partial charge in [0, 0.05) is 17.3 Å². The van der Waals surface area contributed by atoms with Gasteiger partial charge in [-0.25, -0.2) is 4.39 Å². The van der Waals surface area contributed by atoms with E-state index in [0.29, 0.717) is 9.35 Å². The zero-order valence-electron chi connectivity index (χ0n) is 7.71. The summed E-state index contributed by atoms with van der Waals surface area (Å²) >= 11 is 7.97. The second-order valence-electron chi connectivity index (χ2n) is 2.96. The summed E-state index contributed by atoms with van der Waals surface area (Å²) in [6.45, 7) is 0. The minimum absolute atomic E-state index is 0.242. The third-order valence-electron chi connectivity index (χ3n) is 1.87. The lowest BCUT2D eigenvalue weighted by Crippen LogP contribution is -2.01. The van der Waals surface area contributed by atoms with Crippen LogP contribution in [0.3, 0.4) is 0 Å². The normalized spacial score (nSPS) is 10.4. The fourth-order valence-electron chi connectivity index (χ4n) is 1.19. The van der Waals surface area contributed by atoms with E-state index in [-0.39, 0.29) is 11.3 Å². The van der Waals surface area contributed by atoms with Gasteiger partial charge in [0.15, 0.2) is 5.78 Å². The van der Waals surface area contributed by atoms with Crippen LogP contribution in [0.15, 0.2) is 32.1 Å². The Balaban J connectivity index is 2.43. The molecular formula is C10H4Br2FNOS. The Morgan fingerprint density at radius 1 is 1.31 bits per heavy atom. The predicted molar refractivity (Wildman–Crippen MR) is 67.3 cm³/mol. The molecule has 2 aromatic heterocycles. The Morgan fingerprint density at radius 2 is 2.06 bits per heavy atom. The number of halogens is 3. The summed E-state index contributed by atoms with van der Waals surface area (Å²) in [6, 6.07) is 2.87. The number of hydrogen-bond acceptors (Lipinski definition) is 3. The molecule has 0 saturated heterocycles. The van der Waals surface area contributed by atoms with E-state index < -0.39 is 5.82 Å². The summed E-state index contributed by atoms with van der Waals surface area (Å²) < 4.78 is 14.5. The van der Waals surface area contributed by atoms with Gasteiger partial charge >= 0.3 is 0 Å². The van der Waals surface area contributed by atoms with E-state index >= 15 is 0 Å². The van der Waals surface area contributed by atoms with Gasteiger partial charge < -0.3 is 0 Å². The predicted octanol–water partition coefficient (Wildman–Crippen LogP) is 4.04. The highest BCUT2D eigenvalue weighted by atomic mass is 79.9. The number of carbonyl (C=O) groups excluding carboxylic acids is 1. The van der Waals surface area contributed by atoms with Crippen molar-refractivity contribution in [2.45, 2.75) is 0 Å². The molecule has 6 heteroatoms. The van der Waals surface area contributed by atoms with Gasteiger partial charge in [0.05, 0.1) is 13.8 Å². The number of pyridine rings is 1. The molecule has 82 valence electrons. The van der Waals surface area contributed by atoms with E-state index in [4.69, 9.17) is 0 Å². The Bertz CT molecular complexity index is 556. The fourth-order valence-corrected chi connectivity index (χ4v) is 3.98. The summed E-state index contributed by atoms with van der Waals surface area (Å²) in [6.07, 6.45) is 2.42. The van der Waals surface area contributed by atoms with E-state index in [1.165, 1.54) is 23.6 Å². The molecule has 2 aromatic rings. The van der Waals surface area contributed by atoms with Crippen molar-refractivity contribution in [3.63, 3.8) is 0 Å². The van der Waals surface area contributed by atoms with Gasteiger partial charge in [-0.15, -0.1) is 11.3 Å². The van der Waals surface area contributed by atoms with E-state index in [1.807, 2.05) is 0 Å². The largest absolute Gasteiger partial charge is 0.288 e. The van der Waals surface area contributed by atoms with Crippen molar-refractivity contribution in [1.82, 2.24) is 4.98 Å². The number of thiophene rings is 1. The van der Waals surface area contributed by atoms with Crippen LogP contribution < -0.4 is 0 Å². The van der Waals surface area contributed by atoms with E-state index in [1.54, 1.807) is 6.07 Å². The molecule has 0 bridgehead atoms. The second kappa shape index (κ2) is 4.73. The number of hydrogen-bond donors (Lipinski definition) is 0. The van der Waals surface area contributed by atoms with Gasteiger partial charge in [-0.3, -0.25) is 9.78 Å². The highest BCUT2D eigenvalue weighted by Gasteiger charge is 2.16. The first-order valence-electron chi connectivity index (χ1n) is 4.18. The Hall–Kier alpha value is -0.590. The Kier molecular flexibility index (Phi) is 3.51. The summed E-state index contributed by atoms with van der Waals surface area (Å²) in [5.74, 6) is -0.767. The molecule has 0 fully saturated rings. The molecule has 0 N–H and O–H groups in total. The fraction of sp³-hybridized carbons (Fsp3) is 0. The van der Waals surface area contributed by atoms with E-state index in [2.05, 4.69) is 36.8 Å². The number of aromatic nitrogens is 1. The van der Waals surface area contributed by atoms with Crippen molar-refractivity contribution in [2.24, 2.45) is 0 Å². The van der Waals surface area contributed by atoms with Gasteiger partial charge in [-0.05, 0) is 44.0 Å². The van der Waals surface area contributed by atoms with Crippen molar-refractivity contribution in [2.75, 3.05) is 0 Å². The lowest BCUT2D eigenvalue weighted by molar-refractivity contribution is 0.103. The van der Waals surface area contributed by atoms with Gasteiger partial charge in [-0.1, -0.05) is 0 Å². The Morgan fingerprint density at radius 3 is 2.62 bits per heavy atom. The molecule has 2 rings (SSSR count). The number of ketones is 1. The van der Waals surface area contributed by atoms with Crippen LogP contribution in [0.5, 0.6) is 0 Å². The quantitative estimate of drug-likeness (QED) is 0.753. The average Bonchev–Trinajstić information content (AvgIpc) is 2.57.